The van der Waals surface area contributed by atoms with Crippen LogP contribution < -0.4 is 0 Å². The van der Waals surface area contributed by atoms with Crippen LogP contribution in [-0.4, -0.2) is 48.9 Å². The van der Waals surface area contributed by atoms with E-state index in [9.17, 15) is 4.79 Å². The fourth-order valence-corrected chi connectivity index (χ4v) is 4.38. The van der Waals surface area contributed by atoms with E-state index in [1.165, 1.54) is 18.2 Å². The van der Waals surface area contributed by atoms with Gasteiger partial charge in [0.25, 0.3) is 0 Å². The molecule has 0 saturated carbocycles. The van der Waals surface area contributed by atoms with Crippen LogP contribution >= 0.6 is 11.8 Å². The number of rotatable bonds is 5. The minimum absolute atomic E-state index is 0.172. The maximum absolute atomic E-state index is 12.7. The average Bonchev–Trinajstić information content (AvgIpc) is 3.17. The van der Waals surface area contributed by atoms with Crippen molar-refractivity contribution in [2.75, 3.05) is 12.3 Å². The summed E-state index contributed by atoms with van der Waals surface area (Å²) in [4.78, 5) is 18.8. The van der Waals surface area contributed by atoms with E-state index in [1.54, 1.807) is 12.4 Å². The molecule has 0 radical (unpaired) electrons. The lowest BCUT2D eigenvalue weighted by atomic mass is 10.0. The van der Waals surface area contributed by atoms with Crippen LogP contribution in [0.4, 0.5) is 0 Å². The van der Waals surface area contributed by atoms with Crippen molar-refractivity contribution in [3.63, 3.8) is 0 Å². The van der Waals surface area contributed by atoms with Gasteiger partial charge in [0.15, 0.2) is 11.0 Å². The van der Waals surface area contributed by atoms with Gasteiger partial charge >= 0.3 is 0 Å². The van der Waals surface area contributed by atoms with E-state index in [1.807, 2.05) is 51.9 Å². The second-order valence-electron chi connectivity index (χ2n) is 6.93. The van der Waals surface area contributed by atoms with Gasteiger partial charge < -0.3 is 4.90 Å². The molecule has 3 aromatic rings. The number of thioether (sulfide) groups is 1. The number of nitrogens with zero attached hydrogens (tertiary/aromatic N) is 5. The molecule has 2 aromatic heterocycles. The largest absolute Gasteiger partial charge is 0.339 e. The van der Waals surface area contributed by atoms with Crippen LogP contribution in [0.25, 0.3) is 17.1 Å². The number of piperidine rings is 1. The van der Waals surface area contributed by atoms with Crippen molar-refractivity contribution >= 4 is 17.7 Å². The van der Waals surface area contributed by atoms with Crippen LogP contribution in [0.15, 0.2) is 60.0 Å². The van der Waals surface area contributed by atoms with E-state index in [2.05, 4.69) is 22.1 Å². The molecule has 28 heavy (non-hydrogen) atoms. The number of benzene rings is 1. The van der Waals surface area contributed by atoms with Gasteiger partial charge in [-0.25, -0.2) is 0 Å². The van der Waals surface area contributed by atoms with Gasteiger partial charge in [-0.1, -0.05) is 30.0 Å². The number of pyridine rings is 1. The first kappa shape index (κ1) is 18.7. The van der Waals surface area contributed by atoms with E-state index in [0.29, 0.717) is 11.8 Å². The Bertz CT molecular complexity index is 928. The average molecular weight is 394 g/mol. The Morgan fingerprint density at radius 3 is 2.64 bits per heavy atom. The summed E-state index contributed by atoms with van der Waals surface area (Å²) < 4.78 is 2.01. The summed E-state index contributed by atoms with van der Waals surface area (Å²) in [6.07, 6.45) is 6.87. The minimum Gasteiger partial charge on any atom is -0.339 e. The lowest BCUT2D eigenvalue weighted by Crippen LogP contribution is -2.42. The van der Waals surface area contributed by atoms with E-state index in [0.717, 1.165) is 41.6 Å². The smallest absolute Gasteiger partial charge is 0.233 e. The summed E-state index contributed by atoms with van der Waals surface area (Å²) in [7, 11) is 0. The molecule has 1 aliphatic heterocycles. The highest BCUT2D eigenvalue weighted by Gasteiger charge is 2.24. The molecule has 1 amide bonds. The van der Waals surface area contributed by atoms with Crippen molar-refractivity contribution in [1.82, 2.24) is 24.6 Å². The molecule has 4 rings (SSSR count). The molecule has 0 spiro atoms. The predicted molar refractivity (Wildman–Crippen MR) is 110 cm³/mol. The lowest BCUT2D eigenvalue weighted by Gasteiger charge is -2.33. The van der Waals surface area contributed by atoms with Crippen LogP contribution in [0.2, 0.25) is 0 Å². The van der Waals surface area contributed by atoms with Crippen molar-refractivity contribution in [3.05, 3.63) is 54.9 Å². The van der Waals surface area contributed by atoms with Crippen LogP contribution in [0.3, 0.4) is 0 Å². The molecule has 0 N–H and O–H groups in total. The Morgan fingerprint density at radius 1 is 1.11 bits per heavy atom. The van der Waals surface area contributed by atoms with Gasteiger partial charge in [0, 0.05) is 36.2 Å². The number of likely N-dealkylation sites (tertiary alicyclic amines) is 1. The molecular formula is C21H23N5OS. The molecule has 144 valence electrons. The van der Waals surface area contributed by atoms with Gasteiger partial charge in [-0.15, -0.1) is 10.2 Å². The summed E-state index contributed by atoms with van der Waals surface area (Å²) in [5.41, 5.74) is 1.91. The Balaban J connectivity index is 1.60. The normalized spacial score (nSPS) is 16.9. The highest BCUT2D eigenvalue weighted by molar-refractivity contribution is 7.99. The number of aromatic nitrogens is 4. The zero-order valence-electron chi connectivity index (χ0n) is 15.9. The van der Waals surface area contributed by atoms with Crippen molar-refractivity contribution in [2.24, 2.45) is 0 Å². The molecule has 0 bridgehead atoms. The summed E-state index contributed by atoms with van der Waals surface area (Å²) in [5.74, 6) is 1.28. The maximum atomic E-state index is 12.7. The van der Waals surface area contributed by atoms with Crippen LogP contribution in [0, 0.1) is 0 Å². The third kappa shape index (κ3) is 3.94. The van der Waals surface area contributed by atoms with Crippen LogP contribution in [0.5, 0.6) is 0 Å². The van der Waals surface area contributed by atoms with Gasteiger partial charge in [0.2, 0.25) is 5.91 Å². The molecule has 7 heteroatoms. The number of amides is 1. The SMILES string of the molecule is C[C@@H]1CCCCN1C(=O)CSc1nnc(-c2ccncc2)n1-c1ccccc1. The second-order valence-corrected chi connectivity index (χ2v) is 7.88. The lowest BCUT2D eigenvalue weighted by molar-refractivity contribution is -0.131. The second kappa shape index (κ2) is 8.56. The molecule has 0 unspecified atom stereocenters. The summed E-state index contributed by atoms with van der Waals surface area (Å²) in [5, 5.41) is 9.52. The summed E-state index contributed by atoms with van der Waals surface area (Å²) in [6, 6.07) is 14.1. The molecule has 3 heterocycles. The van der Waals surface area contributed by atoms with Crippen LogP contribution in [-0.2, 0) is 4.79 Å². The first-order valence-electron chi connectivity index (χ1n) is 9.57. The summed E-state index contributed by atoms with van der Waals surface area (Å²) in [6.45, 7) is 2.99. The fraction of sp³-hybridized carbons (Fsp3) is 0.333. The van der Waals surface area contributed by atoms with Gasteiger partial charge in [0.05, 0.1) is 5.75 Å². The molecule has 6 nitrogen and oxygen atoms in total. The number of carbonyl (C=O) groups is 1. The Kier molecular flexibility index (Phi) is 5.71. The van der Waals surface area contributed by atoms with Crippen molar-refractivity contribution in [2.45, 2.75) is 37.4 Å². The van der Waals surface area contributed by atoms with E-state index >= 15 is 0 Å². The number of para-hydroxylation sites is 1. The first-order chi connectivity index (χ1) is 13.7. The van der Waals surface area contributed by atoms with E-state index < -0.39 is 0 Å². The molecule has 1 atom stereocenters. The third-order valence-electron chi connectivity index (χ3n) is 5.03. The number of hydrogen-bond acceptors (Lipinski definition) is 5. The van der Waals surface area contributed by atoms with Crippen molar-refractivity contribution < 1.29 is 4.79 Å². The predicted octanol–water partition coefficient (Wildman–Crippen LogP) is 3.82. The zero-order chi connectivity index (χ0) is 19.3. The standard InChI is InChI=1S/C21H23N5OS/c1-16-7-5-6-14-25(16)19(27)15-28-21-24-23-20(17-10-12-22-13-11-17)26(21)18-8-3-2-4-9-18/h2-4,8-13,16H,5-7,14-15H2,1H3/t16-/m1/s1. The maximum Gasteiger partial charge on any atom is 0.233 e. The van der Waals surface area contributed by atoms with Gasteiger partial charge in [-0.2, -0.15) is 0 Å². The molecule has 1 fully saturated rings. The highest BCUT2D eigenvalue weighted by Crippen LogP contribution is 2.28. The topological polar surface area (TPSA) is 63.9 Å². The van der Waals surface area contributed by atoms with Crippen molar-refractivity contribution in [1.29, 1.82) is 0 Å². The van der Waals surface area contributed by atoms with E-state index in [-0.39, 0.29) is 5.91 Å². The van der Waals surface area contributed by atoms with Crippen LogP contribution in [0.1, 0.15) is 26.2 Å². The van der Waals surface area contributed by atoms with Crippen molar-refractivity contribution in [3.8, 4) is 17.1 Å². The molecular weight excluding hydrogens is 370 g/mol. The molecule has 1 aliphatic rings. The fourth-order valence-electron chi connectivity index (χ4n) is 3.54. The Morgan fingerprint density at radius 2 is 1.89 bits per heavy atom. The first-order valence-corrected chi connectivity index (χ1v) is 10.6. The molecule has 1 saturated heterocycles. The number of carbonyl (C=O) groups excluding carboxylic acids is 1. The molecule has 0 aliphatic carbocycles. The molecule has 1 aromatic carbocycles. The van der Waals surface area contributed by atoms with Gasteiger partial charge in [-0.3, -0.25) is 14.3 Å². The summed E-state index contributed by atoms with van der Waals surface area (Å²) >= 11 is 1.44. The highest BCUT2D eigenvalue weighted by atomic mass is 32.2. The minimum atomic E-state index is 0.172. The van der Waals surface area contributed by atoms with E-state index in [4.69, 9.17) is 0 Å². The van der Waals surface area contributed by atoms with Gasteiger partial charge in [0.1, 0.15) is 0 Å². The Hall–Kier alpha value is -2.67. The quantitative estimate of drug-likeness (QED) is 0.617. The van der Waals surface area contributed by atoms with Gasteiger partial charge in [-0.05, 0) is 50.5 Å². The zero-order valence-corrected chi connectivity index (χ0v) is 16.7. The monoisotopic (exact) mass is 393 g/mol. The Labute approximate surface area is 169 Å². The third-order valence-corrected chi connectivity index (χ3v) is 5.95. The number of hydrogen-bond donors (Lipinski definition) is 0.